The van der Waals surface area contributed by atoms with E-state index in [0.717, 1.165) is 27.4 Å². The van der Waals surface area contributed by atoms with Crippen molar-refractivity contribution >= 4 is 33.0 Å². The average molecular weight is 927 g/mol. The van der Waals surface area contributed by atoms with Crippen molar-refractivity contribution in [3.05, 3.63) is 168 Å². The second-order valence-corrected chi connectivity index (χ2v) is 14.3. The predicted octanol–water partition coefficient (Wildman–Crippen LogP) is 13.6. The quantitative estimate of drug-likeness (QED) is 0.155. The Morgan fingerprint density at radius 2 is 1.56 bits per heavy atom. The van der Waals surface area contributed by atoms with Crippen molar-refractivity contribution in [3.63, 3.8) is 0 Å². The summed E-state index contributed by atoms with van der Waals surface area (Å²) in [6.07, 6.45) is 1.31. The van der Waals surface area contributed by atoms with Gasteiger partial charge in [-0.25, -0.2) is 0 Å². The number of rotatable bonds is 6. The zero-order valence-corrected chi connectivity index (χ0v) is 34.0. The molecule has 3 heterocycles. The van der Waals surface area contributed by atoms with E-state index in [1.165, 1.54) is 52.2 Å². The third-order valence-electron chi connectivity index (χ3n) is 9.83. The van der Waals surface area contributed by atoms with Crippen LogP contribution in [0.4, 0.5) is 4.39 Å². The number of furan rings is 1. The number of hydrogen-bond acceptors (Lipinski definition) is 5. The number of aryl methyl sites for hydroxylation is 1. The molecule has 0 spiro atoms. The molecule has 0 atom stereocenters. The topological polar surface area (TPSA) is 75.8 Å². The van der Waals surface area contributed by atoms with Gasteiger partial charge in [0.2, 0.25) is 0 Å². The smallest absolute Gasteiger partial charge is 0.149 e. The van der Waals surface area contributed by atoms with Crippen molar-refractivity contribution in [2.75, 3.05) is 0 Å². The molecule has 0 aliphatic heterocycles. The Bertz CT molecular complexity index is 2970. The van der Waals surface area contributed by atoms with E-state index in [1.807, 2.05) is 24.3 Å². The van der Waals surface area contributed by atoms with E-state index in [1.54, 1.807) is 24.3 Å². The van der Waals surface area contributed by atoms with Crippen LogP contribution < -0.4 is 0 Å². The fourth-order valence-corrected chi connectivity index (χ4v) is 7.05. The number of benzene rings is 6. The molecule has 283 valence electrons. The van der Waals surface area contributed by atoms with Crippen LogP contribution in [0.25, 0.3) is 78.0 Å². The molecule has 0 N–H and O–H groups in total. The largest absolute Gasteiger partial charge is 0.500 e. The standard InChI is InChI=1S/C38H29N2O2.C12H9FN.Ir/c1-22(2)31-19-26(25-10-6-5-7-11-25)20-32(23(3)4)35(31)29-13-9-15-33-37(29)42-38(40-33)30-14-8-12-28-27-17-16-24(21-39)18-34(27)41-36(28)30;1-9-2-7-12(14-8-9)10-3-5-11(13)6-4-10;/h5-13,15-20,22-23H,1-4H3;2-3,5-8H,1H3;/q2*-1;/i;1D3;. The summed E-state index contributed by atoms with van der Waals surface area (Å²) < 4.78 is 47.2. The molecule has 7 heteroatoms. The Hall–Kier alpha value is -6.19. The summed E-state index contributed by atoms with van der Waals surface area (Å²) in [5.74, 6) is 0.693. The van der Waals surface area contributed by atoms with E-state index < -0.39 is 6.85 Å². The molecule has 9 aromatic rings. The number of para-hydroxylation sites is 1. The Morgan fingerprint density at radius 1 is 0.772 bits per heavy atom. The van der Waals surface area contributed by atoms with Gasteiger partial charge in [-0.2, -0.15) is 5.26 Å². The monoisotopic (exact) mass is 927 g/mol. The van der Waals surface area contributed by atoms with Gasteiger partial charge in [-0.05, 0) is 81.5 Å². The van der Waals surface area contributed by atoms with Crippen LogP contribution in [0.5, 0.6) is 0 Å². The number of hydrogen-bond donors (Lipinski definition) is 0. The first-order valence-electron chi connectivity index (χ1n) is 19.9. The zero-order valence-electron chi connectivity index (χ0n) is 34.6. The molecule has 0 saturated heterocycles. The van der Waals surface area contributed by atoms with Gasteiger partial charge in [0.15, 0.2) is 0 Å². The molecular formula is C50H38FIrN3O2-2. The maximum absolute atomic E-state index is 12.7. The molecule has 0 amide bonds. The zero-order chi connectivity index (χ0) is 41.4. The number of pyridine rings is 1. The predicted molar refractivity (Wildman–Crippen MR) is 223 cm³/mol. The van der Waals surface area contributed by atoms with E-state index in [-0.39, 0.29) is 31.5 Å². The molecule has 0 aliphatic rings. The Labute approximate surface area is 349 Å². The summed E-state index contributed by atoms with van der Waals surface area (Å²) >= 11 is 0. The minimum atomic E-state index is -2.15. The van der Waals surface area contributed by atoms with Gasteiger partial charge in [-0.1, -0.05) is 106 Å². The normalized spacial score (nSPS) is 12.1. The van der Waals surface area contributed by atoms with E-state index in [2.05, 4.69) is 105 Å². The second-order valence-electron chi connectivity index (χ2n) is 14.3. The Morgan fingerprint density at radius 3 is 2.23 bits per heavy atom. The second kappa shape index (κ2) is 16.5. The van der Waals surface area contributed by atoms with Crippen LogP contribution in [0, 0.1) is 36.1 Å². The maximum Gasteiger partial charge on any atom is 0.149 e. The third kappa shape index (κ3) is 7.80. The van der Waals surface area contributed by atoms with Gasteiger partial charge in [-0.3, -0.25) is 9.37 Å². The SMILES string of the molecule is CC(C)c1cc(-c2ccccc2)cc(C(C)C)c1-c1cccc2nc(-c3[c-]ccc4c3oc3cc(C#N)ccc34)oc12.[2H]C([2H])([2H])c1ccc(-c2[c-]cc(F)cc2)nc1.[Ir]. The summed E-state index contributed by atoms with van der Waals surface area (Å²) in [6.45, 7) is 6.84. The number of halogens is 1. The molecule has 1 radical (unpaired) electrons. The number of aromatic nitrogens is 2. The molecule has 5 nitrogen and oxygen atoms in total. The third-order valence-corrected chi connectivity index (χ3v) is 9.83. The Kier molecular flexibility index (Phi) is 10.2. The van der Waals surface area contributed by atoms with Crippen LogP contribution in [0.2, 0.25) is 0 Å². The van der Waals surface area contributed by atoms with Crippen LogP contribution in [0.15, 0.2) is 136 Å². The van der Waals surface area contributed by atoms with Crippen molar-refractivity contribution in [3.8, 4) is 51.0 Å². The van der Waals surface area contributed by atoms with E-state index in [4.69, 9.17) is 17.9 Å². The van der Waals surface area contributed by atoms with Gasteiger partial charge in [0.05, 0.1) is 22.7 Å². The van der Waals surface area contributed by atoms with Crippen molar-refractivity contribution in [2.45, 2.75) is 46.4 Å². The number of oxazole rings is 1. The van der Waals surface area contributed by atoms with Gasteiger partial charge in [-0.15, -0.1) is 48.0 Å². The molecule has 0 aliphatic carbocycles. The summed E-state index contributed by atoms with van der Waals surface area (Å²) in [4.78, 5) is 8.96. The van der Waals surface area contributed by atoms with Crippen molar-refractivity contribution in [1.29, 1.82) is 5.26 Å². The van der Waals surface area contributed by atoms with Crippen LogP contribution in [0.3, 0.4) is 0 Å². The minimum absolute atomic E-state index is 0. The van der Waals surface area contributed by atoms with Gasteiger partial charge in [0, 0.05) is 47.2 Å². The van der Waals surface area contributed by atoms with Crippen molar-refractivity contribution in [2.24, 2.45) is 0 Å². The van der Waals surface area contributed by atoms with Gasteiger partial charge in [0.1, 0.15) is 17.1 Å². The van der Waals surface area contributed by atoms with Crippen LogP contribution >= 0.6 is 0 Å². The number of nitriles is 1. The first-order valence-corrected chi connectivity index (χ1v) is 18.4. The molecule has 3 aromatic heterocycles. The Balaban J connectivity index is 0.000000255. The average Bonchev–Trinajstić information content (AvgIpc) is 3.85. The van der Waals surface area contributed by atoms with Gasteiger partial charge >= 0.3 is 0 Å². The molecule has 0 saturated carbocycles. The fourth-order valence-electron chi connectivity index (χ4n) is 7.05. The summed E-state index contributed by atoms with van der Waals surface area (Å²) in [7, 11) is 0. The van der Waals surface area contributed by atoms with E-state index >= 15 is 0 Å². The summed E-state index contributed by atoms with van der Waals surface area (Å²) in [6, 6.07) is 46.1. The van der Waals surface area contributed by atoms with Gasteiger partial charge in [0.25, 0.3) is 0 Å². The molecule has 0 unspecified atom stereocenters. The number of nitrogens with zero attached hydrogens (tertiary/aromatic N) is 3. The molecule has 57 heavy (non-hydrogen) atoms. The first-order chi connectivity index (χ1) is 28.4. The molecule has 6 aromatic carbocycles. The molecular weight excluding hydrogens is 886 g/mol. The fraction of sp³-hybridized carbons (Fsp3) is 0.140. The molecule has 9 rings (SSSR count). The summed E-state index contributed by atoms with van der Waals surface area (Å²) in [5.41, 5.74) is 12.7. The molecule has 0 fully saturated rings. The van der Waals surface area contributed by atoms with Crippen LogP contribution in [-0.4, -0.2) is 9.97 Å². The first kappa shape index (κ1) is 35.2. The molecule has 0 bridgehead atoms. The maximum atomic E-state index is 12.7. The summed E-state index contributed by atoms with van der Waals surface area (Å²) in [5, 5.41) is 11.2. The minimum Gasteiger partial charge on any atom is -0.500 e. The van der Waals surface area contributed by atoms with Crippen LogP contribution in [0.1, 0.15) is 65.9 Å². The van der Waals surface area contributed by atoms with Crippen molar-refractivity contribution in [1.82, 2.24) is 9.97 Å². The van der Waals surface area contributed by atoms with Gasteiger partial charge < -0.3 is 13.8 Å². The number of fused-ring (bicyclic) bond motifs is 4. The van der Waals surface area contributed by atoms with Crippen molar-refractivity contribution < 1.29 is 37.4 Å². The van der Waals surface area contributed by atoms with Crippen LogP contribution in [-0.2, 0) is 20.1 Å². The van der Waals surface area contributed by atoms with E-state index in [9.17, 15) is 9.65 Å². The van der Waals surface area contributed by atoms with E-state index in [0.29, 0.717) is 51.3 Å².